The molecule has 1 aromatic rings. The highest BCUT2D eigenvalue weighted by Gasteiger charge is 2.34. The summed E-state index contributed by atoms with van der Waals surface area (Å²) >= 11 is 5.94. The van der Waals surface area contributed by atoms with Gasteiger partial charge in [-0.3, -0.25) is 4.79 Å². The Bertz CT molecular complexity index is 522. The number of carbonyl (C=O) groups is 1. The molecule has 1 saturated carbocycles. The number of aryl methyl sites for hydroxylation is 1. The number of carbonyl (C=O) groups excluding carboxylic acids is 1. The van der Waals surface area contributed by atoms with Gasteiger partial charge >= 0.3 is 0 Å². The maximum atomic E-state index is 12.6. The number of nitrogens with zero attached hydrogens (tertiary/aromatic N) is 3. The zero-order valence-electron chi connectivity index (χ0n) is 13.4. The first kappa shape index (κ1) is 18.6. The maximum Gasteiger partial charge on any atom is 0.239 e. The van der Waals surface area contributed by atoms with Crippen LogP contribution < -0.4 is 5.73 Å². The fourth-order valence-corrected chi connectivity index (χ4v) is 4.11. The fourth-order valence-electron chi connectivity index (χ4n) is 3.91. The molecule has 5 nitrogen and oxygen atoms in total. The van der Waals surface area contributed by atoms with Gasteiger partial charge in [-0.05, 0) is 42.7 Å². The summed E-state index contributed by atoms with van der Waals surface area (Å²) in [5.41, 5.74) is 6.11. The van der Waals surface area contributed by atoms with Crippen LogP contribution in [0, 0.1) is 11.8 Å². The lowest BCUT2D eigenvalue weighted by molar-refractivity contribution is -0.135. The van der Waals surface area contributed by atoms with E-state index >= 15 is 0 Å². The van der Waals surface area contributed by atoms with Gasteiger partial charge in [0.25, 0.3) is 0 Å². The van der Waals surface area contributed by atoms with Crippen LogP contribution in [0.15, 0.2) is 12.4 Å². The molecule has 2 N–H and O–H groups in total. The van der Waals surface area contributed by atoms with E-state index in [9.17, 15) is 4.79 Å². The minimum Gasteiger partial charge on any atom is -0.341 e. The molecule has 0 aromatic carbocycles. The third-order valence-electron chi connectivity index (χ3n) is 5.27. The highest BCUT2D eigenvalue weighted by atomic mass is 35.5. The Morgan fingerprint density at radius 2 is 2.09 bits per heavy atom. The second-order valence-electron chi connectivity index (χ2n) is 6.66. The van der Waals surface area contributed by atoms with Crippen LogP contribution in [0.4, 0.5) is 0 Å². The molecule has 1 amide bonds. The van der Waals surface area contributed by atoms with E-state index in [2.05, 4.69) is 4.98 Å². The average molecular weight is 361 g/mol. The molecule has 1 saturated heterocycles. The van der Waals surface area contributed by atoms with Crippen LogP contribution in [0.1, 0.15) is 38.5 Å². The highest BCUT2D eigenvalue weighted by Crippen LogP contribution is 2.36. The summed E-state index contributed by atoms with van der Waals surface area (Å²) in [5, 5.41) is 0.447. The average Bonchev–Trinajstić information content (AvgIpc) is 2.96. The Hall–Kier alpha value is -0.780. The summed E-state index contributed by atoms with van der Waals surface area (Å²) in [6, 6.07) is -0.446. The number of hydrogen-bond acceptors (Lipinski definition) is 3. The van der Waals surface area contributed by atoms with E-state index < -0.39 is 6.04 Å². The fraction of sp³-hybridized carbons (Fsp3) is 0.750. The minimum atomic E-state index is -0.446. The van der Waals surface area contributed by atoms with Gasteiger partial charge in [0.15, 0.2) is 0 Å². The first-order valence-electron chi connectivity index (χ1n) is 8.36. The summed E-state index contributed by atoms with van der Waals surface area (Å²) in [6.07, 6.45) is 10.5. The van der Waals surface area contributed by atoms with E-state index in [1.54, 1.807) is 6.20 Å². The second-order valence-corrected chi connectivity index (χ2v) is 7.00. The largest absolute Gasteiger partial charge is 0.341 e. The molecule has 2 heterocycles. The van der Waals surface area contributed by atoms with Crippen molar-refractivity contribution in [2.75, 3.05) is 13.1 Å². The number of fused-ring (bicyclic) bond motifs is 1. The van der Waals surface area contributed by atoms with Gasteiger partial charge in [0.2, 0.25) is 11.2 Å². The molecule has 1 aliphatic carbocycles. The van der Waals surface area contributed by atoms with E-state index in [4.69, 9.17) is 17.3 Å². The number of rotatable bonds is 4. The number of piperidine rings is 1. The molecular formula is C16H26Cl2N4O. The number of likely N-dealkylation sites (tertiary alicyclic amines) is 1. The molecule has 2 aliphatic rings. The van der Waals surface area contributed by atoms with E-state index in [1.165, 1.54) is 25.7 Å². The third-order valence-corrected chi connectivity index (χ3v) is 5.58. The molecule has 23 heavy (non-hydrogen) atoms. The van der Waals surface area contributed by atoms with Crippen molar-refractivity contribution in [3.8, 4) is 0 Å². The normalized spacial score (nSPS) is 25.4. The van der Waals surface area contributed by atoms with Gasteiger partial charge in [0, 0.05) is 32.0 Å². The second kappa shape index (κ2) is 8.36. The topological polar surface area (TPSA) is 64.2 Å². The number of halogens is 2. The molecule has 3 rings (SSSR count). The number of imidazole rings is 1. The summed E-state index contributed by atoms with van der Waals surface area (Å²) in [6.45, 7) is 2.41. The molecule has 7 heteroatoms. The SMILES string of the molecule is Cl.NC(CCn1ccnc1Cl)C(=O)N1CC[C@@H]2CCCC[C@@H]2C1. The van der Waals surface area contributed by atoms with Crippen molar-refractivity contribution >= 4 is 29.9 Å². The summed E-state index contributed by atoms with van der Waals surface area (Å²) in [7, 11) is 0. The van der Waals surface area contributed by atoms with Crippen molar-refractivity contribution in [3.63, 3.8) is 0 Å². The summed E-state index contributed by atoms with van der Waals surface area (Å²) < 4.78 is 1.82. The first-order valence-corrected chi connectivity index (χ1v) is 8.74. The Balaban J connectivity index is 0.00000192. The van der Waals surface area contributed by atoms with Gasteiger partial charge in [-0.2, -0.15) is 0 Å². The molecule has 1 unspecified atom stereocenters. The number of amides is 1. The lowest BCUT2D eigenvalue weighted by atomic mass is 9.75. The van der Waals surface area contributed by atoms with Crippen LogP contribution >= 0.6 is 24.0 Å². The standard InChI is InChI=1S/C16H25ClN4O.ClH/c17-16-19-7-10-20(16)9-6-14(18)15(22)21-8-5-12-3-1-2-4-13(12)11-21;/h7,10,12-14H,1-6,8-9,11,18H2;1H/t12-,13+,14?;/m0./s1. The van der Waals surface area contributed by atoms with Crippen LogP contribution in [0.3, 0.4) is 0 Å². The zero-order valence-corrected chi connectivity index (χ0v) is 14.9. The first-order chi connectivity index (χ1) is 10.6. The van der Waals surface area contributed by atoms with Gasteiger partial charge in [0.05, 0.1) is 6.04 Å². The van der Waals surface area contributed by atoms with Crippen molar-refractivity contribution in [1.29, 1.82) is 0 Å². The van der Waals surface area contributed by atoms with Crippen LogP contribution in [0.2, 0.25) is 5.28 Å². The van der Waals surface area contributed by atoms with Crippen molar-refractivity contribution in [2.24, 2.45) is 17.6 Å². The maximum absolute atomic E-state index is 12.6. The van der Waals surface area contributed by atoms with E-state index in [-0.39, 0.29) is 18.3 Å². The van der Waals surface area contributed by atoms with Crippen molar-refractivity contribution in [3.05, 3.63) is 17.7 Å². The molecule has 130 valence electrons. The van der Waals surface area contributed by atoms with Gasteiger partial charge in [-0.25, -0.2) is 4.98 Å². The number of aromatic nitrogens is 2. The van der Waals surface area contributed by atoms with Crippen molar-refractivity contribution in [1.82, 2.24) is 14.5 Å². The molecule has 1 aromatic heterocycles. The van der Waals surface area contributed by atoms with Crippen LogP contribution in [0.25, 0.3) is 0 Å². The predicted molar refractivity (Wildman–Crippen MR) is 93.7 cm³/mol. The number of nitrogens with two attached hydrogens (primary N) is 1. The van der Waals surface area contributed by atoms with Crippen LogP contribution in [-0.2, 0) is 11.3 Å². The highest BCUT2D eigenvalue weighted by molar-refractivity contribution is 6.28. The van der Waals surface area contributed by atoms with E-state index in [1.807, 2.05) is 15.7 Å². The molecule has 0 bridgehead atoms. The van der Waals surface area contributed by atoms with Crippen LogP contribution in [-0.4, -0.2) is 39.5 Å². The quantitative estimate of drug-likeness (QED) is 0.897. The van der Waals surface area contributed by atoms with E-state index in [0.717, 1.165) is 25.4 Å². The molecule has 0 spiro atoms. The zero-order chi connectivity index (χ0) is 15.5. The summed E-state index contributed by atoms with van der Waals surface area (Å²) in [5.74, 6) is 1.63. The monoisotopic (exact) mass is 360 g/mol. The van der Waals surface area contributed by atoms with Crippen molar-refractivity contribution in [2.45, 2.75) is 51.1 Å². The van der Waals surface area contributed by atoms with Gasteiger partial charge in [-0.1, -0.05) is 19.3 Å². The summed E-state index contributed by atoms with van der Waals surface area (Å²) in [4.78, 5) is 18.5. The lowest BCUT2D eigenvalue weighted by Crippen LogP contribution is -2.50. The minimum absolute atomic E-state index is 0. The van der Waals surface area contributed by atoms with Gasteiger partial charge in [0.1, 0.15) is 0 Å². The lowest BCUT2D eigenvalue weighted by Gasteiger charge is -2.42. The molecule has 3 atom stereocenters. The molecule has 1 aliphatic heterocycles. The van der Waals surface area contributed by atoms with E-state index in [0.29, 0.717) is 24.2 Å². The third kappa shape index (κ3) is 4.40. The van der Waals surface area contributed by atoms with Gasteiger partial charge < -0.3 is 15.2 Å². The smallest absolute Gasteiger partial charge is 0.239 e. The molecule has 2 fully saturated rings. The Labute approximate surface area is 149 Å². The molecule has 0 radical (unpaired) electrons. The Morgan fingerprint density at radius 1 is 1.35 bits per heavy atom. The molecular weight excluding hydrogens is 335 g/mol. The predicted octanol–water partition coefficient (Wildman–Crippen LogP) is 2.71. The number of hydrogen-bond donors (Lipinski definition) is 1. The van der Waals surface area contributed by atoms with Gasteiger partial charge in [-0.15, -0.1) is 12.4 Å². The van der Waals surface area contributed by atoms with Crippen LogP contribution in [0.5, 0.6) is 0 Å². The van der Waals surface area contributed by atoms with Crippen molar-refractivity contribution < 1.29 is 4.79 Å². The Morgan fingerprint density at radius 3 is 2.78 bits per heavy atom. The Kier molecular flexibility index (Phi) is 6.74.